The van der Waals surface area contributed by atoms with Gasteiger partial charge in [-0.2, -0.15) is 13.2 Å². The number of benzene rings is 2. The Balaban J connectivity index is 1.36. The summed E-state index contributed by atoms with van der Waals surface area (Å²) in [5.41, 5.74) is 1.86. The first-order valence-corrected chi connectivity index (χ1v) is 10.4. The number of hydrogen-bond acceptors (Lipinski definition) is 4. The molecule has 1 amide bonds. The van der Waals surface area contributed by atoms with Gasteiger partial charge in [0.15, 0.2) is 0 Å². The van der Waals surface area contributed by atoms with E-state index < -0.39 is 11.7 Å². The van der Waals surface area contributed by atoms with Crippen molar-refractivity contribution in [3.63, 3.8) is 0 Å². The largest absolute Gasteiger partial charge is 0.416 e. The van der Waals surface area contributed by atoms with E-state index in [1.165, 1.54) is 12.1 Å². The average Bonchev–Trinajstić information content (AvgIpc) is 2.78. The van der Waals surface area contributed by atoms with Crippen molar-refractivity contribution < 1.29 is 22.8 Å². The van der Waals surface area contributed by atoms with Crippen molar-refractivity contribution in [3.8, 4) is 0 Å². The number of rotatable bonds is 4. The first-order chi connectivity index (χ1) is 14.8. The quantitative estimate of drug-likeness (QED) is 0.750. The monoisotopic (exact) mass is 431 g/mol. The highest BCUT2D eigenvalue weighted by atomic mass is 19.4. The Bertz CT molecular complexity index is 938. The number of aldehydes is 1. The number of nitrogens with one attached hydrogen (secondary N) is 1. The van der Waals surface area contributed by atoms with Gasteiger partial charge in [-0.3, -0.25) is 4.79 Å². The third-order valence-corrected chi connectivity index (χ3v) is 6.01. The lowest BCUT2D eigenvalue weighted by Crippen LogP contribution is -2.52. The Labute approximate surface area is 178 Å². The fraction of sp³-hybridized carbons (Fsp3) is 0.391. The molecule has 2 aromatic rings. The minimum atomic E-state index is -4.38. The molecule has 2 heterocycles. The molecule has 1 fully saturated rings. The molecule has 5 nitrogen and oxygen atoms in total. The molecule has 0 aromatic heterocycles. The number of carbonyl (C=O) groups is 2. The molecule has 2 aliphatic heterocycles. The Hall–Kier alpha value is -3.03. The number of anilines is 2. The molecule has 0 radical (unpaired) electrons. The number of amides is 1. The van der Waals surface area contributed by atoms with E-state index in [1.54, 1.807) is 4.90 Å². The van der Waals surface area contributed by atoms with E-state index in [4.69, 9.17) is 0 Å². The highest BCUT2D eigenvalue weighted by Gasteiger charge is 2.32. The molecule has 2 aromatic carbocycles. The zero-order valence-corrected chi connectivity index (χ0v) is 16.9. The fourth-order valence-electron chi connectivity index (χ4n) is 4.35. The molecular formula is C23H24F3N3O2. The van der Waals surface area contributed by atoms with Crippen molar-refractivity contribution in [3.05, 3.63) is 59.7 Å². The molecule has 1 N–H and O–H groups in total. The summed E-state index contributed by atoms with van der Waals surface area (Å²) in [5.74, 6) is -0.0790. The maximum Gasteiger partial charge on any atom is 0.416 e. The predicted molar refractivity (Wildman–Crippen MR) is 112 cm³/mol. The van der Waals surface area contributed by atoms with Gasteiger partial charge in [0, 0.05) is 25.7 Å². The van der Waals surface area contributed by atoms with Crippen LogP contribution < -0.4 is 10.2 Å². The summed E-state index contributed by atoms with van der Waals surface area (Å²) in [6.07, 6.45) is -1.81. The van der Waals surface area contributed by atoms with Crippen LogP contribution in [0.1, 0.15) is 24.0 Å². The van der Waals surface area contributed by atoms with Gasteiger partial charge >= 0.3 is 6.18 Å². The second-order valence-corrected chi connectivity index (χ2v) is 8.04. The van der Waals surface area contributed by atoms with Crippen LogP contribution >= 0.6 is 0 Å². The van der Waals surface area contributed by atoms with Crippen LogP contribution in [0.5, 0.6) is 0 Å². The van der Waals surface area contributed by atoms with E-state index in [-0.39, 0.29) is 24.4 Å². The number of fused-ring (bicyclic) bond motifs is 1. The molecule has 0 aliphatic carbocycles. The molecule has 31 heavy (non-hydrogen) atoms. The van der Waals surface area contributed by atoms with Crippen molar-refractivity contribution in [1.29, 1.82) is 0 Å². The highest BCUT2D eigenvalue weighted by Crippen LogP contribution is 2.34. The van der Waals surface area contributed by atoms with E-state index in [2.05, 4.69) is 10.2 Å². The highest BCUT2D eigenvalue weighted by molar-refractivity contribution is 5.80. The normalized spacial score (nSPS) is 19.5. The topological polar surface area (TPSA) is 52.7 Å². The molecular weight excluding hydrogens is 407 g/mol. The minimum Gasteiger partial charge on any atom is -0.372 e. The van der Waals surface area contributed by atoms with Crippen LogP contribution in [0.2, 0.25) is 0 Å². The Morgan fingerprint density at radius 3 is 2.39 bits per heavy atom. The van der Waals surface area contributed by atoms with Crippen molar-refractivity contribution >= 4 is 23.6 Å². The van der Waals surface area contributed by atoms with Crippen molar-refractivity contribution in [1.82, 2.24) is 4.90 Å². The second-order valence-electron chi connectivity index (χ2n) is 8.04. The van der Waals surface area contributed by atoms with Crippen LogP contribution in [-0.4, -0.2) is 48.8 Å². The maximum absolute atomic E-state index is 12.7. The van der Waals surface area contributed by atoms with E-state index in [9.17, 15) is 22.8 Å². The Kier molecular flexibility index (Phi) is 5.89. The van der Waals surface area contributed by atoms with Gasteiger partial charge in [0.25, 0.3) is 0 Å². The number of nitrogens with zero attached hydrogens (tertiary/aromatic N) is 2. The smallest absolute Gasteiger partial charge is 0.372 e. The molecule has 1 unspecified atom stereocenters. The SMILES string of the molecule is O=CC1CN(C2CCN(C(=O)Cc3ccc(C(F)(F)F)cc3)CC2)c2ccccc2N1. The van der Waals surface area contributed by atoms with Crippen molar-refractivity contribution in [2.75, 3.05) is 29.9 Å². The van der Waals surface area contributed by atoms with E-state index in [0.29, 0.717) is 25.2 Å². The molecule has 8 heteroatoms. The summed E-state index contributed by atoms with van der Waals surface area (Å²) >= 11 is 0. The van der Waals surface area contributed by atoms with Crippen LogP contribution in [0, 0.1) is 0 Å². The summed E-state index contributed by atoms with van der Waals surface area (Å²) in [6, 6.07) is 12.6. The van der Waals surface area contributed by atoms with Crippen LogP contribution in [0.4, 0.5) is 24.5 Å². The maximum atomic E-state index is 12.7. The summed E-state index contributed by atoms with van der Waals surface area (Å²) in [5, 5.41) is 3.24. The molecule has 4 rings (SSSR count). The minimum absolute atomic E-state index is 0.0790. The van der Waals surface area contributed by atoms with Crippen LogP contribution in [-0.2, 0) is 22.2 Å². The number of para-hydroxylation sites is 2. The lowest BCUT2D eigenvalue weighted by molar-refractivity contribution is -0.137. The number of halogens is 3. The Morgan fingerprint density at radius 1 is 1.06 bits per heavy atom. The average molecular weight is 431 g/mol. The summed E-state index contributed by atoms with van der Waals surface area (Å²) in [7, 11) is 0. The van der Waals surface area contributed by atoms with Crippen molar-refractivity contribution in [2.24, 2.45) is 0 Å². The van der Waals surface area contributed by atoms with E-state index in [0.717, 1.165) is 42.6 Å². The molecule has 164 valence electrons. The lowest BCUT2D eigenvalue weighted by atomic mass is 9.98. The van der Waals surface area contributed by atoms with Crippen LogP contribution in [0.25, 0.3) is 0 Å². The van der Waals surface area contributed by atoms with Crippen molar-refractivity contribution in [2.45, 2.75) is 37.5 Å². The van der Waals surface area contributed by atoms with E-state index in [1.807, 2.05) is 24.3 Å². The third kappa shape index (κ3) is 4.68. The standard InChI is InChI=1S/C23H24F3N3O2/c24-23(25,26)17-7-5-16(6-8-17)13-22(31)28-11-9-19(10-12-28)29-14-18(15-30)27-20-3-1-2-4-21(20)29/h1-8,15,18-19,27H,9-14H2. The number of hydrogen-bond donors (Lipinski definition) is 1. The van der Waals surface area contributed by atoms with Gasteiger partial charge in [0.05, 0.1) is 29.4 Å². The number of piperidine rings is 1. The number of likely N-dealkylation sites (tertiary alicyclic amines) is 1. The Morgan fingerprint density at radius 2 is 1.74 bits per heavy atom. The van der Waals surface area contributed by atoms with E-state index >= 15 is 0 Å². The van der Waals surface area contributed by atoms with Gasteiger partial charge in [-0.15, -0.1) is 0 Å². The lowest BCUT2D eigenvalue weighted by Gasteiger charge is -2.44. The summed E-state index contributed by atoms with van der Waals surface area (Å²) < 4.78 is 38.1. The van der Waals surface area contributed by atoms with Gasteiger partial charge in [-0.1, -0.05) is 24.3 Å². The van der Waals surface area contributed by atoms with Gasteiger partial charge < -0.3 is 19.9 Å². The molecule has 1 atom stereocenters. The predicted octanol–water partition coefficient (Wildman–Crippen LogP) is 3.74. The summed E-state index contributed by atoms with van der Waals surface area (Å²) in [4.78, 5) is 28.1. The van der Waals surface area contributed by atoms with Gasteiger partial charge in [-0.05, 0) is 42.7 Å². The van der Waals surface area contributed by atoms with Crippen LogP contribution in [0.3, 0.4) is 0 Å². The van der Waals surface area contributed by atoms with Gasteiger partial charge in [-0.25, -0.2) is 0 Å². The van der Waals surface area contributed by atoms with Crippen LogP contribution in [0.15, 0.2) is 48.5 Å². The molecule has 1 saturated heterocycles. The fourth-order valence-corrected chi connectivity index (χ4v) is 4.35. The molecule has 2 aliphatic rings. The number of alkyl halides is 3. The third-order valence-electron chi connectivity index (χ3n) is 6.01. The molecule has 0 saturated carbocycles. The zero-order valence-electron chi connectivity index (χ0n) is 16.9. The second kappa shape index (κ2) is 8.61. The van der Waals surface area contributed by atoms with Gasteiger partial charge in [0.2, 0.25) is 5.91 Å². The zero-order chi connectivity index (χ0) is 22.0. The van der Waals surface area contributed by atoms with Gasteiger partial charge in [0.1, 0.15) is 6.29 Å². The molecule has 0 bridgehead atoms. The number of carbonyl (C=O) groups excluding carboxylic acids is 2. The first-order valence-electron chi connectivity index (χ1n) is 10.4. The molecule has 0 spiro atoms. The first kappa shape index (κ1) is 21.2. The summed E-state index contributed by atoms with van der Waals surface area (Å²) in [6.45, 7) is 1.76.